The molecule has 1 amide bonds. The van der Waals surface area contributed by atoms with E-state index in [4.69, 9.17) is 0 Å². The van der Waals surface area contributed by atoms with E-state index in [1.54, 1.807) is 0 Å². The zero-order chi connectivity index (χ0) is 6.85. The molecule has 0 fully saturated rings. The van der Waals surface area contributed by atoms with Crippen LogP contribution in [0.25, 0.3) is 0 Å². The van der Waals surface area contributed by atoms with Gasteiger partial charge < -0.3 is 0 Å². The van der Waals surface area contributed by atoms with Crippen LogP contribution in [-0.4, -0.2) is 17.6 Å². The molecule has 0 saturated heterocycles. The molecule has 0 aromatic heterocycles. The highest BCUT2D eigenvalue weighted by Crippen LogP contribution is 2.10. The van der Waals surface area contributed by atoms with Gasteiger partial charge in [-0.15, -0.1) is 0 Å². The molecule has 0 bridgehead atoms. The second kappa shape index (κ2) is 2.13. The van der Waals surface area contributed by atoms with Crippen molar-refractivity contribution >= 4 is 5.91 Å². The summed E-state index contributed by atoms with van der Waals surface area (Å²) < 4.78 is 24.1. The molecular weight excluding hydrogens is 128 g/mol. The summed E-state index contributed by atoms with van der Waals surface area (Å²) in [4.78, 5) is 10.3. The van der Waals surface area contributed by atoms with E-state index in [1.165, 1.54) is 0 Å². The van der Waals surface area contributed by atoms with Gasteiger partial charge in [-0.3, -0.25) is 4.79 Å². The predicted molar refractivity (Wildman–Crippen MR) is 26.6 cm³/mol. The Balaban J connectivity index is 2.65. The molecule has 1 aliphatic heterocycles. The third kappa shape index (κ3) is 1.25. The maximum absolute atomic E-state index is 12.0. The molecule has 0 aromatic rings. The number of rotatable bonds is 0. The maximum atomic E-state index is 12.0. The van der Waals surface area contributed by atoms with Gasteiger partial charge in [0, 0.05) is 0 Å². The lowest BCUT2D eigenvalue weighted by Gasteiger charge is -2.13. The second-order valence-corrected chi connectivity index (χ2v) is 1.77. The highest BCUT2D eigenvalue weighted by atomic mass is 19.2. The Morgan fingerprint density at radius 3 is 2.78 bits per heavy atom. The molecule has 0 saturated carbocycles. The molecule has 0 radical (unpaired) electrons. The smallest absolute Gasteiger partial charge is 0.254 e. The first-order valence-corrected chi connectivity index (χ1v) is 2.51. The van der Waals surface area contributed by atoms with Crippen molar-refractivity contribution in [1.82, 2.24) is 5.12 Å². The van der Waals surface area contributed by atoms with Crippen LogP contribution in [-0.2, 0) is 4.79 Å². The summed E-state index contributed by atoms with van der Waals surface area (Å²) in [6.45, 7) is -0.529. The van der Waals surface area contributed by atoms with Crippen LogP contribution in [0.3, 0.4) is 0 Å². The molecule has 1 heterocycles. The fraction of sp³-hybridized carbons (Fsp3) is 0.400. The monoisotopic (exact) mass is 133 g/mol. The Kier molecular flexibility index (Phi) is 1.46. The summed E-state index contributed by atoms with van der Waals surface area (Å²) in [5.41, 5.74) is 0. The summed E-state index contributed by atoms with van der Waals surface area (Å²) >= 11 is 0. The zero-order valence-corrected chi connectivity index (χ0v) is 4.60. The molecule has 0 spiro atoms. The lowest BCUT2D eigenvalue weighted by molar-refractivity contribution is -0.145. The Labute approximate surface area is 50.7 Å². The van der Waals surface area contributed by atoms with E-state index in [-0.39, 0.29) is 11.5 Å². The molecule has 0 aromatic carbocycles. The quantitative estimate of drug-likeness (QED) is 0.450. The van der Waals surface area contributed by atoms with E-state index in [0.29, 0.717) is 0 Å². The average molecular weight is 133 g/mol. The molecule has 0 aliphatic carbocycles. The summed E-state index contributed by atoms with van der Waals surface area (Å²) in [5.74, 6) is -1.27. The SMILES string of the molecule is O=C1CC=C(F)CN1F. The third-order valence-electron chi connectivity index (χ3n) is 1.06. The normalized spacial score (nSPS) is 20.0. The third-order valence-corrected chi connectivity index (χ3v) is 1.06. The van der Waals surface area contributed by atoms with Crippen LogP contribution < -0.4 is 0 Å². The van der Waals surface area contributed by atoms with Crippen molar-refractivity contribution in [2.45, 2.75) is 6.42 Å². The molecule has 2 nitrogen and oxygen atoms in total. The largest absolute Gasteiger partial charge is 0.272 e. The van der Waals surface area contributed by atoms with E-state index in [9.17, 15) is 13.7 Å². The van der Waals surface area contributed by atoms with E-state index in [1.807, 2.05) is 0 Å². The summed E-state index contributed by atoms with van der Waals surface area (Å²) in [6, 6.07) is 0. The molecule has 4 heteroatoms. The highest BCUT2D eigenvalue weighted by Gasteiger charge is 2.18. The molecular formula is C5H5F2NO. The standard InChI is InChI=1S/C5H5F2NO/c6-4-1-2-5(9)8(7)3-4/h1H,2-3H2. The Morgan fingerprint density at radius 2 is 2.33 bits per heavy atom. The van der Waals surface area contributed by atoms with Gasteiger partial charge in [0.2, 0.25) is 0 Å². The summed E-state index contributed by atoms with van der Waals surface area (Å²) in [7, 11) is 0. The highest BCUT2D eigenvalue weighted by molar-refractivity contribution is 5.77. The Hall–Kier alpha value is -0.930. The van der Waals surface area contributed by atoms with Gasteiger partial charge >= 0.3 is 0 Å². The van der Waals surface area contributed by atoms with Gasteiger partial charge in [0.1, 0.15) is 12.4 Å². The van der Waals surface area contributed by atoms with Crippen LogP contribution in [0, 0.1) is 0 Å². The molecule has 50 valence electrons. The summed E-state index contributed by atoms with van der Waals surface area (Å²) in [6.07, 6.45) is 0.917. The van der Waals surface area contributed by atoms with Gasteiger partial charge in [0.15, 0.2) is 0 Å². The Morgan fingerprint density at radius 1 is 1.67 bits per heavy atom. The van der Waals surface area contributed by atoms with Crippen LogP contribution in [0.4, 0.5) is 8.87 Å². The number of hydrogen-bond acceptors (Lipinski definition) is 1. The molecule has 0 atom stereocenters. The topological polar surface area (TPSA) is 20.3 Å². The van der Waals surface area contributed by atoms with Crippen molar-refractivity contribution in [2.24, 2.45) is 0 Å². The first-order valence-electron chi connectivity index (χ1n) is 2.51. The van der Waals surface area contributed by atoms with Gasteiger partial charge in [0.25, 0.3) is 5.91 Å². The van der Waals surface area contributed by atoms with E-state index < -0.39 is 18.3 Å². The minimum Gasteiger partial charge on any atom is -0.272 e. The van der Waals surface area contributed by atoms with Crippen LogP contribution in [0.5, 0.6) is 0 Å². The molecule has 0 N–H and O–H groups in total. The van der Waals surface area contributed by atoms with Crippen molar-refractivity contribution in [2.75, 3.05) is 6.54 Å². The molecule has 1 rings (SSSR count). The average Bonchev–Trinajstić information content (AvgIpc) is 1.80. The van der Waals surface area contributed by atoms with Gasteiger partial charge in [-0.25, -0.2) is 4.39 Å². The minimum absolute atomic E-state index is 0.130. The zero-order valence-electron chi connectivity index (χ0n) is 4.60. The molecule has 0 unspecified atom stereocenters. The van der Waals surface area contributed by atoms with E-state index in [2.05, 4.69) is 0 Å². The van der Waals surface area contributed by atoms with Gasteiger partial charge in [-0.1, -0.05) is 4.48 Å². The number of amides is 1. The predicted octanol–water partition coefficient (Wildman–Crippen LogP) is 0.957. The summed E-state index contributed by atoms with van der Waals surface area (Å²) in [5, 5.41) is -0.130. The van der Waals surface area contributed by atoms with E-state index in [0.717, 1.165) is 6.08 Å². The number of nitrogens with zero attached hydrogens (tertiary/aromatic N) is 1. The maximum Gasteiger partial charge on any atom is 0.254 e. The fourth-order valence-electron chi connectivity index (χ4n) is 0.582. The van der Waals surface area contributed by atoms with Crippen molar-refractivity contribution in [3.63, 3.8) is 0 Å². The molecule has 9 heavy (non-hydrogen) atoms. The number of hydrogen-bond donors (Lipinski definition) is 0. The number of carbonyl (C=O) groups is 1. The van der Waals surface area contributed by atoms with Crippen molar-refractivity contribution in [1.29, 1.82) is 0 Å². The Bertz CT molecular complexity index is 166. The van der Waals surface area contributed by atoms with Crippen LogP contribution >= 0.6 is 0 Å². The fourth-order valence-corrected chi connectivity index (χ4v) is 0.582. The van der Waals surface area contributed by atoms with Crippen LogP contribution in [0.1, 0.15) is 6.42 Å². The van der Waals surface area contributed by atoms with Crippen molar-refractivity contribution in [3.05, 3.63) is 11.9 Å². The lowest BCUT2D eigenvalue weighted by atomic mass is 10.3. The lowest BCUT2D eigenvalue weighted by Crippen LogP contribution is -2.26. The van der Waals surface area contributed by atoms with Gasteiger partial charge in [-0.05, 0) is 6.08 Å². The van der Waals surface area contributed by atoms with Gasteiger partial charge in [0.05, 0.1) is 6.42 Å². The van der Waals surface area contributed by atoms with Crippen molar-refractivity contribution in [3.8, 4) is 0 Å². The number of halogens is 2. The first kappa shape index (κ1) is 6.19. The van der Waals surface area contributed by atoms with E-state index >= 15 is 0 Å². The second-order valence-electron chi connectivity index (χ2n) is 1.77. The molecule has 1 aliphatic rings. The van der Waals surface area contributed by atoms with Gasteiger partial charge in [-0.2, -0.15) is 5.12 Å². The van der Waals surface area contributed by atoms with Crippen LogP contribution in [0.15, 0.2) is 11.9 Å². The minimum atomic E-state index is -0.684. The number of carbonyl (C=O) groups excluding carboxylic acids is 1. The van der Waals surface area contributed by atoms with Crippen LogP contribution in [0.2, 0.25) is 0 Å². The first-order chi connectivity index (χ1) is 4.20. The van der Waals surface area contributed by atoms with Crippen molar-refractivity contribution < 1.29 is 13.7 Å².